The Morgan fingerprint density at radius 3 is 2.80 bits per heavy atom. The van der Waals surface area contributed by atoms with Crippen LogP contribution in [0.4, 0.5) is 0 Å². The number of carbonyl (C=O) groups is 1. The number of amides is 1. The van der Waals surface area contributed by atoms with Crippen LogP contribution >= 0.6 is 0 Å². The Kier molecular flexibility index (Phi) is 5.65. The summed E-state index contributed by atoms with van der Waals surface area (Å²) in [5.41, 5.74) is 5.38. The second-order valence-electron chi connectivity index (χ2n) is 4.21. The van der Waals surface area contributed by atoms with E-state index in [-0.39, 0.29) is 11.8 Å². The molecule has 3 N–H and O–H groups in total. The van der Waals surface area contributed by atoms with Gasteiger partial charge in [0, 0.05) is 19.0 Å². The van der Waals surface area contributed by atoms with Crippen molar-refractivity contribution >= 4 is 5.91 Å². The normalized spacial score (nSPS) is 19.1. The fourth-order valence-electron chi connectivity index (χ4n) is 1.74. The Hall–Kier alpha value is -0.610. The van der Waals surface area contributed by atoms with E-state index in [0.717, 1.165) is 0 Å². The van der Waals surface area contributed by atoms with Gasteiger partial charge >= 0.3 is 0 Å². The summed E-state index contributed by atoms with van der Waals surface area (Å²) in [6.07, 6.45) is 5.33. The molecule has 1 amide bonds. The van der Waals surface area contributed by atoms with E-state index in [9.17, 15) is 4.79 Å². The number of hydrogen-bond donors (Lipinski definition) is 2. The topological polar surface area (TPSA) is 64.4 Å². The smallest absolute Gasteiger partial charge is 0.224 e. The molecule has 0 spiro atoms. The van der Waals surface area contributed by atoms with Gasteiger partial charge in [0.15, 0.2) is 0 Å². The zero-order valence-corrected chi connectivity index (χ0v) is 9.50. The van der Waals surface area contributed by atoms with Crippen LogP contribution in [0.15, 0.2) is 0 Å². The molecule has 1 fully saturated rings. The molecule has 0 aromatic carbocycles. The van der Waals surface area contributed by atoms with E-state index < -0.39 is 0 Å². The maximum atomic E-state index is 11.3. The van der Waals surface area contributed by atoms with Crippen molar-refractivity contribution in [3.8, 4) is 0 Å². The lowest BCUT2D eigenvalue weighted by Crippen LogP contribution is -2.35. The van der Waals surface area contributed by atoms with E-state index in [2.05, 4.69) is 5.32 Å². The highest BCUT2D eigenvalue weighted by Gasteiger charge is 2.15. The molecule has 0 bridgehead atoms. The molecule has 0 aromatic heterocycles. The molecule has 4 nitrogen and oxygen atoms in total. The average Bonchev–Trinajstić information content (AvgIpc) is 2.75. The lowest BCUT2D eigenvalue weighted by molar-refractivity contribution is -0.124. The molecular weight excluding hydrogens is 192 g/mol. The number of nitrogens with one attached hydrogen (secondary N) is 1. The van der Waals surface area contributed by atoms with Crippen molar-refractivity contribution in [2.75, 3.05) is 19.7 Å². The first-order chi connectivity index (χ1) is 7.24. The fourth-order valence-corrected chi connectivity index (χ4v) is 1.74. The highest BCUT2D eigenvalue weighted by Crippen LogP contribution is 2.20. The summed E-state index contributed by atoms with van der Waals surface area (Å²) in [5, 5.41) is 2.81. The summed E-state index contributed by atoms with van der Waals surface area (Å²) in [6.45, 7) is 3.44. The molecule has 0 radical (unpaired) electrons. The van der Waals surface area contributed by atoms with Crippen molar-refractivity contribution in [3.05, 3.63) is 0 Å². The first kappa shape index (κ1) is 12.5. The minimum atomic E-state index is -0.100. The van der Waals surface area contributed by atoms with Gasteiger partial charge in [0.2, 0.25) is 5.91 Å². The number of carbonyl (C=O) groups excluding carboxylic acids is 1. The SMILES string of the molecule is CC(CN)C(=O)NCCOC1CCCC1. The van der Waals surface area contributed by atoms with E-state index in [1.54, 1.807) is 0 Å². The standard InChI is InChI=1S/C11H22N2O2/c1-9(8-12)11(14)13-6-7-15-10-4-2-3-5-10/h9-10H,2-8,12H2,1H3,(H,13,14). The van der Waals surface area contributed by atoms with E-state index in [1.165, 1.54) is 25.7 Å². The van der Waals surface area contributed by atoms with Crippen LogP contribution < -0.4 is 11.1 Å². The Morgan fingerprint density at radius 1 is 1.53 bits per heavy atom. The van der Waals surface area contributed by atoms with Crippen LogP contribution in [-0.4, -0.2) is 31.7 Å². The second-order valence-corrected chi connectivity index (χ2v) is 4.21. The van der Waals surface area contributed by atoms with Crippen LogP contribution in [0.3, 0.4) is 0 Å². The molecule has 1 atom stereocenters. The minimum absolute atomic E-state index is 0.0209. The molecule has 1 saturated carbocycles. The molecule has 1 aliphatic carbocycles. The second kappa shape index (κ2) is 6.80. The molecular formula is C11H22N2O2. The first-order valence-electron chi connectivity index (χ1n) is 5.83. The minimum Gasteiger partial charge on any atom is -0.376 e. The molecule has 88 valence electrons. The van der Waals surface area contributed by atoms with E-state index in [1.807, 2.05) is 6.92 Å². The highest BCUT2D eigenvalue weighted by atomic mass is 16.5. The lowest BCUT2D eigenvalue weighted by Gasteiger charge is -2.13. The summed E-state index contributed by atoms with van der Waals surface area (Å²) in [5.74, 6) is -0.0796. The average molecular weight is 214 g/mol. The number of hydrogen-bond acceptors (Lipinski definition) is 3. The summed E-state index contributed by atoms with van der Waals surface area (Å²) >= 11 is 0. The largest absolute Gasteiger partial charge is 0.376 e. The van der Waals surface area contributed by atoms with Gasteiger partial charge in [-0.25, -0.2) is 0 Å². The Bertz CT molecular complexity index is 191. The zero-order chi connectivity index (χ0) is 11.1. The van der Waals surface area contributed by atoms with Crippen molar-refractivity contribution in [1.29, 1.82) is 0 Å². The monoisotopic (exact) mass is 214 g/mol. The Balaban J connectivity index is 1.98. The van der Waals surface area contributed by atoms with Crippen LogP contribution in [0.5, 0.6) is 0 Å². The van der Waals surface area contributed by atoms with E-state index in [4.69, 9.17) is 10.5 Å². The van der Waals surface area contributed by atoms with Crippen molar-refractivity contribution in [2.45, 2.75) is 38.7 Å². The van der Waals surface area contributed by atoms with Crippen LogP contribution in [0, 0.1) is 5.92 Å². The van der Waals surface area contributed by atoms with Gasteiger partial charge < -0.3 is 15.8 Å². The molecule has 1 unspecified atom stereocenters. The van der Waals surface area contributed by atoms with Gasteiger partial charge in [-0.05, 0) is 12.8 Å². The van der Waals surface area contributed by atoms with Crippen LogP contribution in [0.1, 0.15) is 32.6 Å². The van der Waals surface area contributed by atoms with Gasteiger partial charge in [-0.2, -0.15) is 0 Å². The van der Waals surface area contributed by atoms with E-state index >= 15 is 0 Å². The Labute approximate surface area is 91.5 Å². The summed E-state index contributed by atoms with van der Waals surface area (Å²) in [4.78, 5) is 11.3. The van der Waals surface area contributed by atoms with Gasteiger partial charge in [-0.1, -0.05) is 19.8 Å². The van der Waals surface area contributed by atoms with Gasteiger partial charge in [0.1, 0.15) is 0 Å². The highest BCUT2D eigenvalue weighted by molar-refractivity contribution is 5.78. The molecule has 1 rings (SSSR count). The molecule has 15 heavy (non-hydrogen) atoms. The third-order valence-electron chi connectivity index (χ3n) is 2.86. The third-order valence-corrected chi connectivity index (χ3v) is 2.86. The first-order valence-corrected chi connectivity index (χ1v) is 5.83. The molecule has 0 aromatic rings. The van der Waals surface area contributed by atoms with Crippen molar-refractivity contribution in [2.24, 2.45) is 11.7 Å². The fraction of sp³-hybridized carbons (Fsp3) is 0.909. The number of ether oxygens (including phenoxy) is 1. The quantitative estimate of drug-likeness (QED) is 0.638. The predicted octanol–water partition coefficient (Wildman–Crippen LogP) is 0.657. The molecule has 0 saturated heterocycles. The van der Waals surface area contributed by atoms with Gasteiger partial charge in [-0.3, -0.25) is 4.79 Å². The summed E-state index contributed by atoms with van der Waals surface area (Å²) in [6, 6.07) is 0. The zero-order valence-electron chi connectivity index (χ0n) is 9.50. The number of rotatable bonds is 6. The third kappa shape index (κ3) is 4.62. The maximum Gasteiger partial charge on any atom is 0.224 e. The molecule has 0 heterocycles. The summed E-state index contributed by atoms with van der Waals surface area (Å²) < 4.78 is 5.62. The molecule has 0 aliphatic heterocycles. The van der Waals surface area contributed by atoms with Crippen molar-refractivity contribution in [3.63, 3.8) is 0 Å². The van der Waals surface area contributed by atoms with Crippen LogP contribution in [-0.2, 0) is 9.53 Å². The van der Waals surface area contributed by atoms with Crippen molar-refractivity contribution < 1.29 is 9.53 Å². The molecule has 4 heteroatoms. The van der Waals surface area contributed by atoms with Gasteiger partial charge in [0.25, 0.3) is 0 Å². The van der Waals surface area contributed by atoms with E-state index in [0.29, 0.717) is 25.8 Å². The number of nitrogens with two attached hydrogens (primary N) is 1. The van der Waals surface area contributed by atoms with Crippen molar-refractivity contribution in [1.82, 2.24) is 5.32 Å². The predicted molar refractivity (Wildman–Crippen MR) is 59.4 cm³/mol. The lowest BCUT2D eigenvalue weighted by atomic mass is 10.2. The maximum absolute atomic E-state index is 11.3. The van der Waals surface area contributed by atoms with Gasteiger partial charge in [-0.15, -0.1) is 0 Å². The van der Waals surface area contributed by atoms with Crippen LogP contribution in [0.25, 0.3) is 0 Å². The van der Waals surface area contributed by atoms with Gasteiger partial charge in [0.05, 0.1) is 12.7 Å². The Morgan fingerprint density at radius 2 is 2.20 bits per heavy atom. The van der Waals surface area contributed by atoms with Crippen LogP contribution in [0.2, 0.25) is 0 Å². The summed E-state index contributed by atoms with van der Waals surface area (Å²) in [7, 11) is 0. The molecule has 1 aliphatic rings.